The highest BCUT2D eigenvalue weighted by Gasteiger charge is 2.33. The van der Waals surface area contributed by atoms with Crippen LogP contribution in [-0.4, -0.2) is 48.6 Å². The number of nitrogens with zero attached hydrogens (tertiary/aromatic N) is 2. The minimum absolute atomic E-state index is 0.225. The molecule has 3 nitrogen and oxygen atoms in total. The molecule has 0 amide bonds. The Labute approximate surface area is 121 Å². The summed E-state index contributed by atoms with van der Waals surface area (Å²) in [6, 6.07) is 3.40. The molecule has 1 fully saturated rings. The van der Waals surface area contributed by atoms with Gasteiger partial charge < -0.3 is 10.6 Å². The van der Waals surface area contributed by atoms with E-state index < -0.39 is 0 Å². The van der Waals surface area contributed by atoms with E-state index in [-0.39, 0.29) is 6.04 Å². The number of thiophene rings is 1. The van der Waals surface area contributed by atoms with Crippen LogP contribution in [0, 0.1) is 6.92 Å². The lowest BCUT2D eigenvalue weighted by Crippen LogP contribution is -2.54. The largest absolute Gasteiger partial charge is 0.326 e. The molecule has 2 N–H and O–H groups in total. The van der Waals surface area contributed by atoms with Gasteiger partial charge in [0.2, 0.25) is 0 Å². The average molecular weight is 281 g/mol. The van der Waals surface area contributed by atoms with E-state index in [1.807, 2.05) is 11.3 Å². The van der Waals surface area contributed by atoms with Gasteiger partial charge in [-0.1, -0.05) is 6.92 Å². The van der Waals surface area contributed by atoms with E-state index in [2.05, 4.69) is 49.1 Å². The Hall–Kier alpha value is -0.420. The van der Waals surface area contributed by atoms with Crippen LogP contribution in [0.2, 0.25) is 0 Å². The van der Waals surface area contributed by atoms with Gasteiger partial charge in [-0.05, 0) is 44.3 Å². The van der Waals surface area contributed by atoms with Gasteiger partial charge in [0.1, 0.15) is 0 Å². The second-order valence-corrected chi connectivity index (χ2v) is 6.78. The monoisotopic (exact) mass is 281 g/mol. The third kappa shape index (κ3) is 3.19. The summed E-state index contributed by atoms with van der Waals surface area (Å²) in [7, 11) is 2.21. The molecule has 3 unspecified atom stereocenters. The van der Waals surface area contributed by atoms with Crippen LogP contribution in [0.15, 0.2) is 11.4 Å². The lowest BCUT2D eigenvalue weighted by Gasteiger charge is -2.44. The minimum Gasteiger partial charge on any atom is -0.326 e. The summed E-state index contributed by atoms with van der Waals surface area (Å²) in [5.41, 5.74) is 7.85. The Morgan fingerprint density at radius 1 is 1.47 bits per heavy atom. The zero-order valence-corrected chi connectivity index (χ0v) is 13.4. The SMILES string of the molecule is CCC(N)C(c1sccc1C)N1CCN(C)CC1C. The fraction of sp³-hybridized carbons (Fsp3) is 0.733. The third-order valence-corrected chi connectivity index (χ3v) is 5.38. The number of aryl methyl sites for hydroxylation is 1. The van der Waals surface area contributed by atoms with Gasteiger partial charge >= 0.3 is 0 Å². The van der Waals surface area contributed by atoms with Gasteiger partial charge in [0.05, 0.1) is 6.04 Å². The van der Waals surface area contributed by atoms with Crippen molar-refractivity contribution in [3.63, 3.8) is 0 Å². The molecule has 19 heavy (non-hydrogen) atoms. The van der Waals surface area contributed by atoms with Crippen molar-refractivity contribution in [2.45, 2.75) is 45.3 Å². The maximum absolute atomic E-state index is 6.46. The van der Waals surface area contributed by atoms with E-state index in [0.717, 1.165) is 26.1 Å². The van der Waals surface area contributed by atoms with E-state index in [1.54, 1.807) is 0 Å². The van der Waals surface area contributed by atoms with Crippen molar-refractivity contribution in [3.05, 3.63) is 21.9 Å². The normalized spacial score (nSPS) is 25.4. The quantitative estimate of drug-likeness (QED) is 0.920. The highest BCUT2D eigenvalue weighted by Crippen LogP contribution is 2.34. The van der Waals surface area contributed by atoms with Crippen molar-refractivity contribution < 1.29 is 0 Å². The van der Waals surface area contributed by atoms with Crippen molar-refractivity contribution in [3.8, 4) is 0 Å². The minimum atomic E-state index is 0.225. The van der Waals surface area contributed by atoms with Crippen molar-refractivity contribution in [2.24, 2.45) is 5.73 Å². The third-order valence-electron chi connectivity index (χ3n) is 4.29. The molecule has 0 bridgehead atoms. The van der Waals surface area contributed by atoms with E-state index in [4.69, 9.17) is 5.73 Å². The number of likely N-dealkylation sites (N-methyl/N-ethyl adjacent to an activating group) is 1. The molecule has 1 aromatic heterocycles. The van der Waals surface area contributed by atoms with Crippen LogP contribution in [0.3, 0.4) is 0 Å². The molecule has 0 spiro atoms. The predicted octanol–water partition coefficient (Wildman–Crippen LogP) is 2.47. The molecule has 1 saturated heterocycles. The highest BCUT2D eigenvalue weighted by atomic mass is 32.1. The zero-order valence-electron chi connectivity index (χ0n) is 12.6. The fourth-order valence-electron chi connectivity index (χ4n) is 3.07. The summed E-state index contributed by atoms with van der Waals surface area (Å²) < 4.78 is 0. The number of hydrogen-bond acceptors (Lipinski definition) is 4. The van der Waals surface area contributed by atoms with Crippen molar-refractivity contribution in [1.29, 1.82) is 0 Å². The smallest absolute Gasteiger partial charge is 0.0599 e. The highest BCUT2D eigenvalue weighted by molar-refractivity contribution is 7.10. The Morgan fingerprint density at radius 2 is 2.21 bits per heavy atom. The lowest BCUT2D eigenvalue weighted by atomic mass is 9.98. The van der Waals surface area contributed by atoms with E-state index in [1.165, 1.54) is 10.4 Å². The van der Waals surface area contributed by atoms with Crippen LogP contribution < -0.4 is 5.73 Å². The second kappa shape index (κ2) is 6.35. The lowest BCUT2D eigenvalue weighted by molar-refractivity contribution is 0.0504. The van der Waals surface area contributed by atoms with E-state index in [0.29, 0.717) is 12.1 Å². The van der Waals surface area contributed by atoms with Gasteiger partial charge in [-0.3, -0.25) is 4.90 Å². The molecule has 2 rings (SSSR count). The Morgan fingerprint density at radius 3 is 2.74 bits per heavy atom. The molecule has 1 aromatic rings. The summed E-state index contributed by atoms with van der Waals surface area (Å²) in [6.45, 7) is 10.1. The predicted molar refractivity (Wildman–Crippen MR) is 83.7 cm³/mol. The van der Waals surface area contributed by atoms with Crippen molar-refractivity contribution >= 4 is 11.3 Å². The first-order valence-corrected chi connectivity index (χ1v) is 8.16. The Bertz CT molecular complexity index is 404. The summed E-state index contributed by atoms with van der Waals surface area (Å²) in [5.74, 6) is 0. The maximum atomic E-state index is 6.46. The van der Waals surface area contributed by atoms with Crippen molar-refractivity contribution in [2.75, 3.05) is 26.7 Å². The van der Waals surface area contributed by atoms with Crippen LogP contribution in [-0.2, 0) is 0 Å². The Kier molecular flexibility index (Phi) is 5.01. The van der Waals surface area contributed by atoms with Gasteiger partial charge in [0, 0.05) is 36.6 Å². The molecular formula is C15H27N3S. The first-order chi connectivity index (χ1) is 9.04. The van der Waals surface area contributed by atoms with Gasteiger partial charge in [-0.2, -0.15) is 0 Å². The maximum Gasteiger partial charge on any atom is 0.0599 e. The molecule has 1 aliphatic rings. The average Bonchev–Trinajstić information content (AvgIpc) is 2.78. The molecule has 2 heterocycles. The molecule has 0 aliphatic carbocycles. The van der Waals surface area contributed by atoms with Crippen LogP contribution in [0.5, 0.6) is 0 Å². The first-order valence-electron chi connectivity index (χ1n) is 7.28. The summed E-state index contributed by atoms with van der Waals surface area (Å²) >= 11 is 1.86. The first kappa shape index (κ1) is 15.0. The number of rotatable bonds is 4. The second-order valence-electron chi connectivity index (χ2n) is 5.83. The Balaban J connectivity index is 2.26. The van der Waals surface area contributed by atoms with Gasteiger partial charge in [0.15, 0.2) is 0 Å². The van der Waals surface area contributed by atoms with Gasteiger partial charge in [-0.25, -0.2) is 0 Å². The van der Waals surface area contributed by atoms with Crippen molar-refractivity contribution in [1.82, 2.24) is 9.80 Å². The molecule has 108 valence electrons. The van der Waals surface area contributed by atoms with E-state index >= 15 is 0 Å². The molecule has 0 radical (unpaired) electrons. The molecular weight excluding hydrogens is 254 g/mol. The fourth-order valence-corrected chi connectivity index (χ4v) is 4.19. The number of piperazine rings is 1. The van der Waals surface area contributed by atoms with Gasteiger partial charge in [-0.15, -0.1) is 11.3 Å². The van der Waals surface area contributed by atoms with Gasteiger partial charge in [0.25, 0.3) is 0 Å². The summed E-state index contributed by atoms with van der Waals surface area (Å²) in [6.07, 6.45) is 1.03. The van der Waals surface area contributed by atoms with Crippen LogP contribution in [0.25, 0.3) is 0 Å². The van der Waals surface area contributed by atoms with Crippen LogP contribution in [0.4, 0.5) is 0 Å². The van der Waals surface area contributed by atoms with Crippen LogP contribution in [0.1, 0.15) is 36.8 Å². The number of hydrogen-bond donors (Lipinski definition) is 1. The molecule has 3 atom stereocenters. The molecule has 0 saturated carbocycles. The standard InChI is InChI=1S/C15H27N3S/c1-5-13(16)14(15-11(2)6-9-19-15)18-8-7-17(4)10-12(18)3/h6,9,12-14H,5,7-8,10,16H2,1-4H3. The molecule has 4 heteroatoms. The zero-order chi connectivity index (χ0) is 14.0. The van der Waals surface area contributed by atoms with E-state index in [9.17, 15) is 0 Å². The topological polar surface area (TPSA) is 32.5 Å². The summed E-state index contributed by atoms with van der Waals surface area (Å²) in [4.78, 5) is 6.50. The van der Waals surface area contributed by atoms with Crippen LogP contribution >= 0.6 is 11.3 Å². The summed E-state index contributed by atoms with van der Waals surface area (Å²) in [5, 5.41) is 2.20. The molecule has 0 aromatic carbocycles. The number of nitrogens with two attached hydrogens (primary N) is 1. The molecule has 1 aliphatic heterocycles.